The molecule has 1 unspecified atom stereocenters. The van der Waals surface area contributed by atoms with Gasteiger partial charge in [-0.3, -0.25) is 0 Å². The van der Waals surface area contributed by atoms with Crippen LogP contribution in [-0.4, -0.2) is 63.7 Å². The largest absolute Gasteiger partial charge is 0.453 e. The lowest BCUT2D eigenvalue weighted by molar-refractivity contribution is -0.151. The number of hydrogen-bond acceptors (Lipinski definition) is 7. The molecule has 0 radical (unpaired) electrons. The summed E-state index contributed by atoms with van der Waals surface area (Å²) in [6, 6.07) is 8.10. The summed E-state index contributed by atoms with van der Waals surface area (Å²) in [5, 5.41) is 37.6. The lowest BCUT2D eigenvalue weighted by Crippen LogP contribution is -2.43. The highest BCUT2D eigenvalue weighted by Gasteiger charge is 2.46. The first-order valence-corrected chi connectivity index (χ1v) is 6.11. The number of carbonyl (C=O) groups is 1. The Kier molecular flexibility index (Phi) is 4.69. The topological polar surface area (TPSA) is 116 Å². The fourth-order valence-corrected chi connectivity index (χ4v) is 1.98. The van der Waals surface area contributed by atoms with Crippen LogP contribution in [0.2, 0.25) is 0 Å². The van der Waals surface area contributed by atoms with Crippen LogP contribution in [0.15, 0.2) is 30.3 Å². The van der Waals surface area contributed by atoms with Gasteiger partial charge in [-0.25, -0.2) is 4.79 Å². The van der Waals surface area contributed by atoms with E-state index in [0.29, 0.717) is 0 Å². The lowest BCUT2D eigenvalue weighted by atomic mass is 10.1. The molecule has 1 aromatic carbocycles. The van der Waals surface area contributed by atoms with Crippen LogP contribution >= 0.6 is 0 Å². The third-order valence-corrected chi connectivity index (χ3v) is 3.09. The first kappa shape index (κ1) is 14.9. The molecule has 110 valence electrons. The van der Waals surface area contributed by atoms with Crippen LogP contribution in [0.5, 0.6) is 0 Å². The molecule has 0 amide bonds. The SMILES string of the molecule is O=C(O[C@H](CO)[C@H]1OC(O)[C@H](O)[C@@H]1O)c1ccccc1. The van der Waals surface area contributed by atoms with Gasteiger partial charge in [-0.2, -0.15) is 0 Å². The molecule has 4 N–H and O–H groups in total. The quantitative estimate of drug-likeness (QED) is 0.505. The number of ether oxygens (including phenoxy) is 2. The Labute approximate surface area is 115 Å². The fraction of sp³-hybridized carbons (Fsp3) is 0.462. The first-order chi connectivity index (χ1) is 9.54. The number of aliphatic hydroxyl groups is 4. The molecule has 1 fully saturated rings. The summed E-state index contributed by atoms with van der Waals surface area (Å²) in [7, 11) is 0. The molecule has 5 atom stereocenters. The number of carbonyl (C=O) groups excluding carboxylic acids is 1. The summed E-state index contributed by atoms with van der Waals surface area (Å²) in [5.74, 6) is -0.698. The monoisotopic (exact) mass is 284 g/mol. The minimum Gasteiger partial charge on any atom is -0.453 e. The summed E-state index contributed by atoms with van der Waals surface area (Å²) >= 11 is 0. The van der Waals surface area contributed by atoms with Crippen molar-refractivity contribution < 1.29 is 34.7 Å². The highest BCUT2D eigenvalue weighted by atomic mass is 16.7. The minimum absolute atomic E-state index is 0.277. The van der Waals surface area contributed by atoms with E-state index in [-0.39, 0.29) is 5.56 Å². The van der Waals surface area contributed by atoms with E-state index in [9.17, 15) is 25.2 Å². The van der Waals surface area contributed by atoms with Gasteiger partial charge in [0.2, 0.25) is 0 Å². The molecule has 1 saturated heterocycles. The number of hydrogen-bond donors (Lipinski definition) is 4. The van der Waals surface area contributed by atoms with Gasteiger partial charge in [-0.15, -0.1) is 0 Å². The van der Waals surface area contributed by atoms with Crippen molar-refractivity contribution in [2.24, 2.45) is 0 Å². The second-order valence-electron chi connectivity index (χ2n) is 4.46. The van der Waals surface area contributed by atoms with E-state index in [2.05, 4.69) is 0 Å². The summed E-state index contributed by atoms with van der Waals surface area (Å²) in [5.41, 5.74) is 0.277. The van der Waals surface area contributed by atoms with Crippen LogP contribution in [0.3, 0.4) is 0 Å². The molecule has 0 spiro atoms. The van der Waals surface area contributed by atoms with Gasteiger partial charge >= 0.3 is 5.97 Å². The van der Waals surface area contributed by atoms with Gasteiger partial charge in [0.25, 0.3) is 0 Å². The van der Waals surface area contributed by atoms with Gasteiger partial charge in [0, 0.05) is 0 Å². The Morgan fingerprint density at radius 3 is 2.35 bits per heavy atom. The molecule has 0 aliphatic carbocycles. The standard InChI is InChI=1S/C13H16O7/c14-6-8(11-9(15)10(16)13(18)20-11)19-12(17)7-4-2-1-3-5-7/h1-5,8-11,13-16,18H,6H2/t8-,9+,10-,11-,13?/m1/s1. The van der Waals surface area contributed by atoms with Gasteiger partial charge in [0.05, 0.1) is 12.2 Å². The van der Waals surface area contributed by atoms with Crippen molar-refractivity contribution in [3.05, 3.63) is 35.9 Å². The smallest absolute Gasteiger partial charge is 0.338 e. The van der Waals surface area contributed by atoms with E-state index in [1.807, 2.05) is 0 Å². The summed E-state index contributed by atoms with van der Waals surface area (Å²) in [6.07, 6.45) is -6.93. The normalized spacial score (nSPS) is 31.0. The molecule has 1 aliphatic rings. The maximum atomic E-state index is 11.8. The highest BCUT2D eigenvalue weighted by molar-refractivity contribution is 5.89. The Morgan fingerprint density at radius 2 is 1.85 bits per heavy atom. The van der Waals surface area contributed by atoms with E-state index >= 15 is 0 Å². The van der Waals surface area contributed by atoms with Crippen LogP contribution in [0.1, 0.15) is 10.4 Å². The van der Waals surface area contributed by atoms with Crippen LogP contribution < -0.4 is 0 Å². The minimum atomic E-state index is -1.58. The number of rotatable bonds is 4. The molecule has 2 rings (SSSR count). The van der Waals surface area contributed by atoms with Crippen molar-refractivity contribution in [2.75, 3.05) is 6.61 Å². The lowest BCUT2D eigenvalue weighted by Gasteiger charge is -2.23. The molecule has 0 saturated carbocycles. The molecular weight excluding hydrogens is 268 g/mol. The van der Waals surface area contributed by atoms with Crippen LogP contribution in [0.4, 0.5) is 0 Å². The molecule has 7 heteroatoms. The van der Waals surface area contributed by atoms with E-state index < -0.39 is 43.3 Å². The molecule has 20 heavy (non-hydrogen) atoms. The molecule has 1 heterocycles. The Morgan fingerprint density at radius 1 is 1.20 bits per heavy atom. The van der Waals surface area contributed by atoms with Crippen molar-refractivity contribution in [3.8, 4) is 0 Å². The van der Waals surface area contributed by atoms with Crippen LogP contribution in [0, 0.1) is 0 Å². The third kappa shape index (κ3) is 2.97. The highest BCUT2D eigenvalue weighted by Crippen LogP contribution is 2.24. The number of aliphatic hydroxyl groups excluding tert-OH is 4. The zero-order chi connectivity index (χ0) is 14.7. The Balaban J connectivity index is 2.05. The fourth-order valence-electron chi connectivity index (χ4n) is 1.98. The van der Waals surface area contributed by atoms with Gasteiger partial charge in [-0.05, 0) is 12.1 Å². The van der Waals surface area contributed by atoms with E-state index in [0.717, 1.165) is 0 Å². The maximum absolute atomic E-state index is 11.8. The average Bonchev–Trinajstić information content (AvgIpc) is 2.73. The summed E-state index contributed by atoms with van der Waals surface area (Å²) in [6.45, 7) is -0.611. The van der Waals surface area contributed by atoms with E-state index in [4.69, 9.17) is 9.47 Å². The van der Waals surface area contributed by atoms with Crippen molar-refractivity contribution in [3.63, 3.8) is 0 Å². The second-order valence-corrected chi connectivity index (χ2v) is 4.46. The van der Waals surface area contributed by atoms with Crippen LogP contribution in [0.25, 0.3) is 0 Å². The number of esters is 1. The summed E-state index contributed by atoms with van der Waals surface area (Å²) < 4.78 is 9.93. The van der Waals surface area contributed by atoms with Gasteiger partial charge in [-0.1, -0.05) is 18.2 Å². The molecular formula is C13H16O7. The molecule has 1 aromatic rings. The van der Waals surface area contributed by atoms with E-state index in [1.165, 1.54) is 12.1 Å². The van der Waals surface area contributed by atoms with Crippen LogP contribution in [-0.2, 0) is 9.47 Å². The predicted molar refractivity (Wildman–Crippen MR) is 65.6 cm³/mol. The van der Waals surface area contributed by atoms with Crippen molar-refractivity contribution >= 4 is 5.97 Å². The third-order valence-electron chi connectivity index (χ3n) is 3.09. The van der Waals surface area contributed by atoms with Gasteiger partial charge < -0.3 is 29.9 Å². The Bertz CT molecular complexity index is 449. The summed E-state index contributed by atoms with van der Waals surface area (Å²) in [4.78, 5) is 11.8. The van der Waals surface area contributed by atoms with E-state index in [1.54, 1.807) is 18.2 Å². The first-order valence-electron chi connectivity index (χ1n) is 6.11. The van der Waals surface area contributed by atoms with Gasteiger partial charge in [0.15, 0.2) is 12.4 Å². The van der Waals surface area contributed by atoms with Crippen molar-refractivity contribution in [1.29, 1.82) is 0 Å². The zero-order valence-corrected chi connectivity index (χ0v) is 10.5. The molecule has 7 nitrogen and oxygen atoms in total. The molecule has 0 aromatic heterocycles. The second kappa shape index (κ2) is 6.29. The van der Waals surface area contributed by atoms with Crippen molar-refractivity contribution in [2.45, 2.75) is 30.7 Å². The van der Waals surface area contributed by atoms with Crippen molar-refractivity contribution in [1.82, 2.24) is 0 Å². The zero-order valence-electron chi connectivity index (χ0n) is 10.5. The molecule has 1 aliphatic heterocycles. The Hall–Kier alpha value is -1.51. The number of benzene rings is 1. The maximum Gasteiger partial charge on any atom is 0.338 e. The van der Waals surface area contributed by atoms with Gasteiger partial charge in [0.1, 0.15) is 18.3 Å². The molecule has 0 bridgehead atoms. The predicted octanol–water partition coefficient (Wildman–Crippen LogP) is -1.36. The average molecular weight is 284 g/mol.